The molecule has 2 aromatic carbocycles. The van der Waals surface area contributed by atoms with E-state index < -0.39 is 0 Å². The monoisotopic (exact) mass is 404 g/mol. The second-order valence-electron chi connectivity index (χ2n) is 6.39. The van der Waals surface area contributed by atoms with Gasteiger partial charge in [0.25, 0.3) is 0 Å². The van der Waals surface area contributed by atoms with E-state index >= 15 is 0 Å². The van der Waals surface area contributed by atoms with Gasteiger partial charge in [-0.1, -0.05) is 19.1 Å². The summed E-state index contributed by atoms with van der Waals surface area (Å²) in [6.07, 6.45) is 7.42. The maximum Gasteiger partial charge on any atom is 0.248 e. The minimum Gasteiger partial charge on any atom is -0.493 e. The van der Waals surface area contributed by atoms with Gasteiger partial charge in [-0.05, 0) is 54.5 Å². The van der Waals surface area contributed by atoms with Crippen molar-refractivity contribution >= 4 is 17.7 Å². The number of nitrogens with one attached hydrogen (secondary N) is 1. The van der Waals surface area contributed by atoms with E-state index in [-0.39, 0.29) is 5.91 Å². The van der Waals surface area contributed by atoms with Gasteiger partial charge in [0.2, 0.25) is 5.91 Å². The molecule has 0 aliphatic rings. The molecule has 3 aromatic rings. The zero-order chi connectivity index (χ0) is 21.2. The Labute approximate surface area is 176 Å². The smallest absolute Gasteiger partial charge is 0.248 e. The predicted octanol–water partition coefficient (Wildman–Crippen LogP) is 5.32. The number of aromatic nitrogens is 1. The van der Waals surface area contributed by atoms with Gasteiger partial charge in [0, 0.05) is 30.2 Å². The summed E-state index contributed by atoms with van der Waals surface area (Å²) in [6, 6.07) is 16.3. The summed E-state index contributed by atoms with van der Waals surface area (Å²) in [7, 11) is 1.59. The van der Waals surface area contributed by atoms with Crippen LogP contribution < -0.4 is 19.5 Å². The lowest BCUT2D eigenvalue weighted by molar-refractivity contribution is -0.111. The van der Waals surface area contributed by atoms with E-state index in [1.807, 2.05) is 37.3 Å². The number of carbonyl (C=O) groups is 1. The van der Waals surface area contributed by atoms with Crippen LogP contribution in [0.5, 0.6) is 23.0 Å². The van der Waals surface area contributed by atoms with Crippen LogP contribution in [0.2, 0.25) is 0 Å². The SMILES string of the molecule is CCCOc1ccc(/C=C/C(=O)Nc2cccc(Oc3ccncc3)c2)cc1OC. The molecule has 0 aliphatic carbocycles. The highest BCUT2D eigenvalue weighted by Gasteiger charge is 2.05. The van der Waals surface area contributed by atoms with E-state index in [0.717, 1.165) is 12.0 Å². The maximum atomic E-state index is 12.3. The average Bonchev–Trinajstić information content (AvgIpc) is 2.77. The molecule has 1 amide bonds. The van der Waals surface area contributed by atoms with Gasteiger partial charge in [-0.15, -0.1) is 0 Å². The first-order chi connectivity index (χ1) is 14.7. The number of ether oxygens (including phenoxy) is 3. The van der Waals surface area contributed by atoms with E-state index in [1.165, 1.54) is 6.08 Å². The molecule has 0 bridgehead atoms. The normalized spacial score (nSPS) is 10.6. The number of hydrogen-bond donors (Lipinski definition) is 1. The molecule has 1 N–H and O–H groups in total. The Kier molecular flexibility index (Phi) is 7.44. The lowest BCUT2D eigenvalue weighted by Gasteiger charge is -2.10. The molecule has 0 aliphatic heterocycles. The average molecular weight is 404 g/mol. The topological polar surface area (TPSA) is 69.7 Å². The van der Waals surface area contributed by atoms with Gasteiger partial charge in [-0.2, -0.15) is 0 Å². The number of benzene rings is 2. The molecule has 0 saturated carbocycles. The third-order valence-electron chi connectivity index (χ3n) is 4.06. The second-order valence-corrected chi connectivity index (χ2v) is 6.39. The summed E-state index contributed by atoms with van der Waals surface area (Å²) in [4.78, 5) is 16.3. The largest absolute Gasteiger partial charge is 0.493 e. The molecule has 154 valence electrons. The van der Waals surface area contributed by atoms with Gasteiger partial charge in [0.15, 0.2) is 11.5 Å². The number of anilines is 1. The number of amides is 1. The van der Waals surface area contributed by atoms with Crippen LogP contribution in [0.4, 0.5) is 5.69 Å². The van der Waals surface area contributed by atoms with Crippen LogP contribution in [0.1, 0.15) is 18.9 Å². The number of hydrogen-bond acceptors (Lipinski definition) is 5. The van der Waals surface area contributed by atoms with Crippen molar-refractivity contribution in [3.63, 3.8) is 0 Å². The molecule has 0 saturated heterocycles. The van der Waals surface area contributed by atoms with Crippen molar-refractivity contribution in [1.29, 1.82) is 0 Å². The number of methoxy groups -OCH3 is 1. The number of rotatable bonds is 9. The van der Waals surface area contributed by atoms with Crippen LogP contribution in [0.25, 0.3) is 6.08 Å². The maximum absolute atomic E-state index is 12.3. The summed E-state index contributed by atoms with van der Waals surface area (Å²) < 4.78 is 16.8. The summed E-state index contributed by atoms with van der Waals surface area (Å²) in [5.41, 5.74) is 1.47. The number of carbonyl (C=O) groups excluding carboxylic acids is 1. The molecule has 0 radical (unpaired) electrons. The molecule has 30 heavy (non-hydrogen) atoms. The van der Waals surface area contributed by atoms with Gasteiger partial charge < -0.3 is 19.5 Å². The van der Waals surface area contributed by atoms with E-state index in [9.17, 15) is 4.79 Å². The molecular formula is C24H24N2O4. The quantitative estimate of drug-likeness (QED) is 0.489. The van der Waals surface area contributed by atoms with E-state index in [4.69, 9.17) is 14.2 Å². The van der Waals surface area contributed by atoms with E-state index in [1.54, 1.807) is 49.8 Å². The summed E-state index contributed by atoms with van der Waals surface area (Å²) in [5.74, 6) is 2.37. The molecule has 0 spiro atoms. The fourth-order valence-corrected chi connectivity index (χ4v) is 2.65. The lowest BCUT2D eigenvalue weighted by Crippen LogP contribution is -2.07. The minimum atomic E-state index is -0.249. The Morgan fingerprint density at radius 3 is 2.63 bits per heavy atom. The highest BCUT2D eigenvalue weighted by Crippen LogP contribution is 2.29. The molecule has 0 fully saturated rings. The lowest BCUT2D eigenvalue weighted by atomic mass is 10.2. The van der Waals surface area contributed by atoms with Gasteiger partial charge >= 0.3 is 0 Å². The van der Waals surface area contributed by atoms with Crippen molar-refractivity contribution in [1.82, 2.24) is 4.98 Å². The standard InChI is InChI=1S/C24H24N2O4/c1-3-15-29-22-9-7-18(16-23(22)28-2)8-10-24(27)26-19-5-4-6-21(17-19)30-20-11-13-25-14-12-20/h4-14,16-17H,3,15H2,1-2H3,(H,26,27)/b10-8+. The van der Waals surface area contributed by atoms with Crippen molar-refractivity contribution in [2.45, 2.75) is 13.3 Å². The first-order valence-corrected chi connectivity index (χ1v) is 9.66. The van der Waals surface area contributed by atoms with Crippen molar-refractivity contribution in [3.8, 4) is 23.0 Å². The molecule has 0 atom stereocenters. The van der Waals surface area contributed by atoms with Gasteiger partial charge in [0.1, 0.15) is 11.5 Å². The second kappa shape index (κ2) is 10.7. The highest BCUT2D eigenvalue weighted by molar-refractivity contribution is 6.02. The van der Waals surface area contributed by atoms with Crippen LogP contribution >= 0.6 is 0 Å². The molecule has 3 rings (SSSR count). The number of nitrogens with zero attached hydrogens (tertiary/aromatic N) is 1. The van der Waals surface area contributed by atoms with Crippen molar-refractivity contribution < 1.29 is 19.0 Å². The third-order valence-corrected chi connectivity index (χ3v) is 4.06. The Morgan fingerprint density at radius 1 is 1.03 bits per heavy atom. The van der Waals surface area contributed by atoms with Crippen molar-refractivity contribution in [3.05, 3.63) is 78.6 Å². The molecule has 6 heteroatoms. The summed E-state index contributed by atoms with van der Waals surface area (Å²) >= 11 is 0. The zero-order valence-corrected chi connectivity index (χ0v) is 17.0. The number of pyridine rings is 1. The Balaban J connectivity index is 1.62. The fourth-order valence-electron chi connectivity index (χ4n) is 2.65. The van der Waals surface area contributed by atoms with Crippen molar-refractivity contribution in [2.75, 3.05) is 19.0 Å². The Morgan fingerprint density at radius 2 is 1.87 bits per heavy atom. The first-order valence-electron chi connectivity index (χ1n) is 9.66. The first kappa shape index (κ1) is 20.9. The van der Waals surface area contributed by atoms with Crippen LogP contribution in [-0.4, -0.2) is 24.6 Å². The molecule has 0 unspecified atom stereocenters. The Bertz CT molecular complexity index is 1000. The Hall–Kier alpha value is -3.80. The van der Waals surface area contributed by atoms with Crippen molar-refractivity contribution in [2.24, 2.45) is 0 Å². The molecule has 6 nitrogen and oxygen atoms in total. The van der Waals surface area contributed by atoms with Gasteiger partial charge in [-0.25, -0.2) is 0 Å². The highest BCUT2D eigenvalue weighted by atomic mass is 16.5. The fraction of sp³-hybridized carbons (Fsp3) is 0.167. The predicted molar refractivity (Wildman–Crippen MR) is 117 cm³/mol. The summed E-state index contributed by atoms with van der Waals surface area (Å²) in [5, 5.41) is 2.83. The van der Waals surface area contributed by atoms with Gasteiger partial charge in [0.05, 0.1) is 13.7 Å². The third kappa shape index (κ3) is 6.10. The van der Waals surface area contributed by atoms with Crippen LogP contribution in [0.3, 0.4) is 0 Å². The molecular weight excluding hydrogens is 380 g/mol. The summed E-state index contributed by atoms with van der Waals surface area (Å²) in [6.45, 7) is 2.67. The van der Waals surface area contributed by atoms with E-state index in [2.05, 4.69) is 10.3 Å². The van der Waals surface area contributed by atoms with Crippen LogP contribution in [0, 0.1) is 0 Å². The minimum absolute atomic E-state index is 0.249. The van der Waals surface area contributed by atoms with E-state index in [0.29, 0.717) is 35.3 Å². The zero-order valence-electron chi connectivity index (χ0n) is 17.0. The molecule has 1 heterocycles. The molecule has 1 aromatic heterocycles. The van der Waals surface area contributed by atoms with Crippen LogP contribution in [0.15, 0.2) is 73.1 Å². The van der Waals surface area contributed by atoms with Gasteiger partial charge in [-0.3, -0.25) is 9.78 Å². The van der Waals surface area contributed by atoms with Crippen LogP contribution in [-0.2, 0) is 4.79 Å².